The van der Waals surface area contributed by atoms with E-state index in [2.05, 4.69) is 0 Å². The van der Waals surface area contributed by atoms with Crippen molar-refractivity contribution in [2.24, 2.45) is 0 Å². The molecule has 146 valence electrons. The van der Waals surface area contributed by atoms with Crippen molar-refractivity contribution in [2.45, 2.75) is 19.0 Å². The molecule has 1 aliphatic rings. The maximum Gasteiger partial charge on any atom is 0.340 e. The lowest BCUT2D eigenvalue weighted by Gasteiger charge is -2.35. The van der Waals surface area contributed by atoms with Crippen molar-refractivity contribution in [3.8, 4) is 0 Å². The van der Waals surface area contributed by atoms with Crippen molar-refractivity contribution in [1.29, 1.82) is 0 Å². The minimum Gasteiger partial charge on any atom is -0.467 e. The number of nitrogen functional groups attached to an aromatic ring is 1. The van der Waals surface area contributed by atoms with Crippen molar-refractivity contribution in [1.82, 2.24) is 4.90 Å². The highest BCUT2D eigenvalue weighted by atomic mass is 35.5. The molecule has 1 heterocycles. The van der Waals surface area contributed by atoms with Gasteiger partial charge in [-0.05, 0) is 29.3 Å². The van der Waals surface area contributed by atoms with Gasteiger partial charge in [-0.1, -0.05) is 35.9 Å². The third kappa shape index (κ3) is 4.09. The molecule has 0 radical (unpaired) electrons. The molecule has 7 nitrogen and oxygen atoms in total. The molecule has 0 saturated heterocycles. The normalized spacial score (nSPS) is 15.5. The number of anilines is 1. The predicted octanol–water partition coefficient (Wildman–Crippen LogP) is 2.21. The van der Waals surface area contributed by atoms with Gasteiger partial charge in [-0.25, -0.2) is 9.59 Å². The molecule has 1 aliphatic heterocycles. The first kappa shape index (κ1) is 19.7. The number of nitrogens with two attached hydrogens (primary N) is 1. The van der Waals surface area contributed by atoms with Crippen LogP contribution in [0.5, 0.6) is 0 Å². The van der Waals surface area contributed by atoms with Gasteiger partial charge >= 0.3 is 11.9 Å². The Kier molecular flexibility index (Phi) is 5.84. The molecular weight excluding hydrogens is 384 g/mol. The number of ether oxygens (including phenoxy) is 2. The molecule has 0 spiro atoms. The molecule has 2 aromatic carbocycles. The molecule has 0 aliphatic carbocycles. The van der Waals surface area contributed by atoms with Crippen LogP contribution < -0.4 is 5.73 Å². The third-order valence-electron chi connectivity index (χ3n) is 4.60. The number of carbonyl (C=O) groups is 3. The molecule has 28 heavy (non-hydrogen) atoms. The van der Waals surface area contributed by atoms with E-state index in [0.29, 0.717) is 11.4 Å². The Morgan fingerprint density at radius 3 is 2.61 bits per heavy atom. The summed E-state index contributed by atoms with van der Waals surface area (Å²) in [6.07, 6.45) is 0.337. The van der Waals surface area contributed by atoms with Crippen molar-refractivity contribution >= 4 is 35.1 Å². The van der Waals surface area contributed by atoms with E-state index in [1.54, 1.807) is 6.07 Å². The van der Waals surface area contributed by atoms with E-state index in [0.717, 1.165) is 11.1 Å². The number of methoxy groups -OCH3 is 1. The molecule has 0 fully saturated rings. The molecular formula is C20H19ClN2O5. The fourth-order valence-corrected chi connectivity index (χ4v) is 3.30. The van der Waals surface area contributed by atoms with Gasteiger partial charge in [-0.15, -0.1) is 0 Å². The largest absolute Gasteiger partial charge is 0.467 e. The van der Waals surface area contributed by atoms with Gasteiger partial charge < -0.3 is 20.1 Å². The maximum absolute atomic E-state index is 12.7. The van der Waals surface area contributed by atoms with Gasteiger partial charge in [0, 0.05) is 23.7 Å². The lowest BCUT2D eigenvalue weighted by atomic mass is 9.94. The van der Waals surface area contributed by atoms with Crippen LogP contribution in [0.2, 0.25) is 5.02 Å². The summed E-state index contributed by atoms with van der Waals surface area (Å²) in [7, 11) is 1.27. The molecule has 1 atom stereocenters. The summed E-state index contributed by atoms with van der Waals surface area (Å²) in [5, 5.41) is 0.325. The van der Waals surface area contributed by atoms with Crippen LogP contribution in [-0.2, 0) is 32.0 Å². The van der Waals surface area contributed by atoms with Crippen LogP contribution in [0.1, 0.15) is 21.5 Å². The Balaban J connectivity index is 1.73. The first-order valence-electron chi connectivity index (χ1n) is 8.57. The minimum atomic E-state index is -0.776. The Labute approximate surface area is 167 Å². The smallest absolute Gasteiger partial charge is 0.340 e. The Bertz CT molecular complexity index is 931. The lowest BCUT2D eigenvalue weighted by Crippen LogP contribution is -2.50. The summed E-state index contributed by atoms with van der Waals surface area (Å²) in [5.74, 6) is -1.78. The van der Waals surface area contributed by atoms with E-state index in [1.165, 1.54) is 24.1 Å². The minimum absolute atomic E-state index is 0.0776. The highest BCUT2D eigenvalue weighted by Gasteiger charge is 2.35. The number of esters is 2. The molecule has 1 amide bonds. The second-order valence-corrected chi connectivity index (χ2v) is 6.78. The molecule has 2 N–H and O–H groups in total. The fraction of sp³-hybridized carbons (Fsp3) is 0.250. The zero-order valence-corrected chi connectivity index (χ0v) is 15.9. The SMILES string of the molecule is COC(=O)[C@H]1Cc2ccccc2CN1C(=O)COC(=O)c1cc(Cl)ccc1N. The summed E-state index contributed by atoms with van der Waals surface area (Å²) in [4.78, 5) is 38.5. The van der Waals surface area contributed by atoms with E-state index in [4.69, 9.17) is 26.8 Å². The average molecular weight is 403 g/mol. The van der Waals surface area contributed by atoms with E-state index in [9.17, 15) is 14.4 Å². The lowest BCUT2D eigenvalue weighted by molar-refractivity contribution is -0.155. The van der Waals surface area contributed by atoms with Crippen LogP contribution >= 0.6 is 11.6 Å². The van der Waals surface area contributed by atoms with E-state index in [-0.39, 0.29) is 17.8 Å². The first-order valence-corrected chi connectivity index (χ1v) is 8.94. The van der Waals surface area contributed by atoms with Crippen molar-refractivity contribution in [2.75, 3.05) is 19.5 Å². The quantitative estimate of drug-likeness (QED) is 0.621. The number of amides is 1. The standard InChI is InChI=1S/C20H19ClN2O5/c1-27-20(26)17-8-12-4-2-3-5-13(12)10-23(17)18(24)11-28-19(25)15-9-14(21)6-7-16(15)22/h2-7,9,17H,8,10-11,22H2,1H3/t17-/m1/s1. The maximum atomic E-state index is 12.7. The zero-order valence-electron chi connectivity index (χ0n) is 15.2. The van der Waals surface area contributed by atoms with Gasteiger partial charge in [0.05, 0.1) is 12.7 Å². The molecule has 0 bridgehead atoms. The highest BCUT2D eigenvalue weighted by Crippen LogP contribution is 2.24. The van der Waals surface area contributed by atoms with Gasteiger partial charge in [0.25, 0.3) is 5.91 Å². The summed E-state index contributed by atoms with van der Waals surface area (Å²) in [5.41, 5.74) is 7.94. The first-order chi connectivity index (χ1) is 13.4. The summed E-state index contributed by atoms with van der Waals surface area (Å²) < 4.78 is 9.94. The van der Waals surface area contributed by atoms with E-state index in [1.807, 2.05) is 24.3 Å². The topological polar surface area (TPSA) is 98.9 Å². The number of rotatable bonds is 4. The van der Waals surface area contributed by atoms with Crippen molar-refractivity contribution in [3.63, 3.8) is 0 Å². The number of nitrogens with zero attached hydrogens (tertiary/aromatic N) is 1. The second-order valence-electron chi connectivity index (χ2n) is 6.34. The highest BCUT2D eigenvalue weighted by molar-refractivity contribution is 6.31. The summed E-state index contributed by atoms with van der Waals surface area (Å²) in [6.45, 7) is -0.300. The molecule has 0 aromatic heterocycles. The van der Waals surface area contributed by atoms with Gasteiger partial charge in [-0.3, -0.25) is 4.79 Å². The number of hydrogen-bond donors (Lipinski definition) is 1. The number of carbonyl (C=O) groups excluding carboxylic acids is 3. The van der Waals surface area contributed by atoms with Gasteiger partial charge in [0.2, 0.25) is 0 Å². The summed E-state index contributed by atoms with van der Waals surface area (Å²) >= 11 is 5.87. The van der Waals surface area contributed by atoms with Crippen LogP contribution in [0, 0.1) is 0 Å². The number of halogens is 1. The Morgan fingerprint density at radius 1 is 1.18 bits per heavy atom. The van der Waals surface area contributed by atoms with E-state index >= 15 is 0 Å². The van der Waals surface area contributed by atoms with Crippen LogP contribution in [0.15, 0.2) is 42.5 Å². The molecule has 3 rings (SSSR count). The molecule has 8 heteroatoms. The number of hydrogen-bond acceptors (Lipinski definition) is 6. The van der Waals surface area contributed by atoms with Crippen molar-refractivity contribution < 1.29 is 23.9 Å². The molecule has 2 aromatic rings. The average Bonchev–Trinajstić information content (AvgIpc) is 2.71. The van der Waals surface area contributed by atoms with Gasteiger partial charge in [0.1, 0.15) is 6.04 Å². The zero-order chi connectivity index (χ0) is 20.3. The predicted molar refractivity (Wildman–Crippen MR) is 103 cm³/mol. The number of fused-ring (bicyclic) bond motifs is 1. The number of benzene rings is 2. The third-order valence-corrected chi connectivity index (χ3v) is 4.84. The monoisotopic (exact) mass is 402 g/mol. The molecule has 0 unspecified atom stereocenters. The summed E-state index contributed by atoms with van der Waals surface area (Å²) in [6, 6.07) is 11.2. The molecule has 0 saturated carbocycles. The van der Waals surface area contributed by atoms with E-state index < -0.39 is 30.5 Å². The van der Waals surface area contributed by atoms with Gasteiger partial charge in [-0.2, -0.15) is 0 Å². The Morgan fingerprint density at radius 2 is 1.89 bits per heavy atom. The van der Waals surface area contributed by atoms with Crippen LogP contribution in [0.4, 0.5) is 5.69 Å². The van der Waals surface area contributed by atoms with Gasteiger partial charge in [0.15, 0.2) is 6.61 Å². The fourth-order valence-electron chi connectivity index (χ4n) is 3.12. The van der Waals surface area contributed by atoms with Crippen LogP contribution in [0.25, 0.3) is 0 Å². The van der Waals surface area contributed by atoms with Crippen LogP contribution in [-0.4, -0.2) is 42.5 Å². The second kappa shape index (κ2) is 8.31. The van der Waals surface area contributed by atoms with Crippen molar-refractivity contribution in [3.05, 3.63) is 64.2 Å². The van der Waals surface area contributed by atoms with Crippen LogP contribution in [0.3, 0.4) is 0 Å². The Hall–Kier alpha value is -3.06.